The Kier molecular flexibility index (Phi) is 3.36. The van der Waals surface area contributed by atoms with Crippen LogP contribution in [0.15, 0.2) is 12.4 Å². The molecule has 0 saturated heterocycles. The Morgan fingerprint density at radius 3 is 2.85 bits per heavy atom. The fraction of sp³-hybridized carbons (Fsp3) is 0.625. The monoisotopic (exact) mass is 189 g/mol. The number of aromatic nitrogens is 2. The molecule has 1 rings (SSSR count). The second kappa shape index (κ2) is 4.32. The molecule has 13 heavy (non-hydrogen) atoms. The van der Waals surface area contributed by atoms with E-state index in [1.54, 1.807) is 12.4 Å². The maximum Gasteiger partial charge on any atom is 0.257 e. The summed E-state index contributed by atoms with van der Waals surface area (Å²) in [5.41, 5.74) is 0.920. The van der Waals surface area contributed by atoms with Crippen molar-refractivity contribution in [3.8, 4) is 0 Å². The molecule has 0 aromatic carbocycles. The fourth-order valence-corrected chi connectivity index (χ4v) is 1.01. The number of nitrogens with one attached hydrogen (secondary N) is 1. The van der Waals surface area contributed by atoms with E-state index >= 15 is 0 Å². The predicted octanol–water partition coefficient (Wildman–Crippen LogP) is 1.43. The molecule has 0 aliphatic carbocycles. The van der Waals surface area contributed by atoms with E-state index in [0.29, 0.717) is 0 Å². The first-order valence-electron chi connectivity index (χ1n) is 4.11. The molecule has 5 heteroatoms. The minimum absolute atomic E-state index is 0.145. The van der Waals surface area contributed by atoms with Crippen molar-refractivity contribution >= 4 is 0 Å². The van der Waals surface area contributed by atoms with E-state index in [-0.39, 0.29) is 12.6 Å². The molecule has 3 nitrogen and oxygen atoms in total. The molecular weight excluding hydrogens is 176 g/mol. The molecule has 0 fully saturated rings. The third-order valence-electron chi connectivity index (χ3n) is 1.91. The molecular formula is C8H13F2N3. The van der Waals surface area contributed by atoms with Crippen molar-refractivity contribution in [2.45, 2.75) is 25.9 Å². The molecule has 0 saturated carbocycles. The Labute approximate surface area is 75.7 Å². The molecule has 0 bridgehead atoms. The first kappa shape index (κ1) is 10.1. The molecule has 0 spiro atoms. The second-order valence-corrected chi connectivity index (χ2v) is 2.90. The third kappa shape index (κ3) is 2.77. The predicted molar refractivity (Wildman–Crippen MR) is 45.7 cm³/mol. The number of hydrogen-bond acceptors (Lipinski definition) is 2. The molecule has 0 aliphatic heterocycles. The van der Waals surface area contributed by atoms with E-state index < -0.39 is 6.43 Å². The number of rotatable bonds is 4. The Morgan fingerprint density at radius 2 is 2.31 bits per heavy atom. The van der Waals surface area contributed by atoms with Gasteiger partial charge in [-0.1, -0.05) is 0 Å². The molecule has 1 heterocycles. The normalized spacial score (nSPS) is 13.6. The molecule has 0 amide bonds. The summed E-state index contributed by atoms with van der Waals surface area (Å²) in [6.07, 6.45) is 0.884. The summed E-state index contributed by atoms with van der Waals surface area (Å²) in [6, 6.07) is 0.145. The quantitative estimate of drug-likeness (QED) is 0.776. The first-order valence-corrected chi connectivity index (χ1v) is 4.11. The Balaban J connectivity index is 2.63. The van der Waals surface area contributed by atoms with Gasteiger partial charge in [0.2, 0.25) is 0 Å². The van der Waals surface area contributed by atoms with Gasteiger partial charge in [0.15, 0.2) is 0 Å². The van der Waals surface area contributed by atoms with E-state index in [1.165, 1.54) is 4.68 Å². The molecule has 1 aromatic rings. The van der Waals surface area contributed by atoms with Crippen LogP contribution in [0.1, 0.15) is 18.5 Å². The van der Waals surface area contributed by atoms with Crippen LogP contribution in [0.4, 0.5) is 8.78 Å². The van der Waals surface area contributed by atoms with Gasteiger partial charge in [0.05, 0.1) is 6.20 Å². The molecule has 1 N–H and O–H groups in total. The van der Waals surface area contributed by atoms with Gasteiger partial charge in [-0.25, -0.2) is 8.78 Å². The van der Waals surface area contributed by atoms with Crippen LogP contribution in [0.25, 0.3) is 0 Å². The summed E-state index contributed by atoms with van der Waals surface area (Å²) < 4.78 is 25.1. The van der Waals surface area contributed by atoms with Gasteiger partial charge < -0.3 is 5.32 Å². The number of alkyl halides is 2. The fourth-order valence-electron chi connectivity index (χ4n) is 1.01. The first-order chi connectivity index (χ1) is 6.13. The lowest BCUT2D eigenvalue weighted by atomic mass is 10.2. The third-order valence-corrected chi connectivity index (χ3v) is 1.91. The van der Waals surface area contributed by atoms with Crippen LogP contribution in [0.2, 0.25) is 0 Å². The number of hydrogen-bond donors (Lipinski definition) is 1. The van der Waals surface area contributed by atoms with Crippen LogP contribution in [0.5, 0.6) is 0 Å². The van der Waals surface area contributed by atoms with Crippen molar-refractivity contribution in [2.75, 3.05) is 7.05 Å². The summed E-state index contributed by atoms with van der Waals surface area (Å²) in [7, 11) is 1.81. The van der Waals surface area contributed by atoms with Crippen LogP contribution < -0.4 is 5.32 Å². The van der Waals surface area contributed by atoms with Crippen LogP contribution in [0, 0.1) is 0 Å². The van der Waals surface area contributed by atoms with Gasteiger partial charge in [0.25, 0.3) is 6.43 Å². The SMILES string of the molecule is CNC(C)c1cnn(CC(F)F)c1. The zero-order chi connectivity index (χ0) is 9.84. The van der Waals surface area contributed by atoms with Crippen LogP contribution in [0.3, 0.4) is 0 Å². The summed E-state index contributed by atoms with van der Waals surface area (Å²) in [5, 5.41) is 6.83. The average molecular weight is 189 g/mol. The number of nitrogens with zero attached hydrogens (tertiary/aromatic N) is 2. The van der Waals surface area contributed by atoms with Crippen molar-refractivity contribution < 1.29 is 8.78 Å². The second-order valence-electron chi connectivity index (χ2n) is 2.90. The van der Waals surface area contributed by atoms with E-state index in [2.05, 4.69) is 10.4 Å². The highest BCUT2D eigenvalue weighted by molar-refractivity contribution is 5.08. The zero-order valence-corrected chi connectivity index (χ0v) is 7.67. The number of halogens is 2. The van der Waals surface area contributed by atoms with Crippen molar-refractivity contribution in [1.82, 2.24) is 15.1 Å². The standard InChI is InChI=1S/C8H13F2N3/c1-6(11-2)7-3-12-13(4-7)5-8(9)10/h3-4,6,8,11H,5H2,1-2H3. The van der Waals surface area contributed by atoms with Gasteiger partial charge >= 0.3 is 0 Å². The summed E-state index contributed by atoms with van der Waals surface area (Å²) in [5.74, 6) is 0. The summed E-state index contributed by atoms with van der Waals surface area (Å²) >= 11 is 0. The average Bonchev–Trinajstić information content (AvgIpc) is 2.50. The summed E-state index contributed by atoms with van der Waals surface area (Å²) in [6.45, 7) is 1.61. The maximum absolute atomic E-state index is 11.9. The van der Waals surface area contributed by atoms with E-state index in [9.17, 15) is 8.78 Å². The molecule has 0 radical (unpaired) electrons. The maximum atomic E-state index is 11.9. The van der Waals surface area contributed by atoms with Gasteiger partial charge in [-0.2, -0.15) is 5.10 Å². The minimum Gasteiger partial charge on any atom is -0.313 e. The lowest BCUT2D eigenvalue weighted by Gasteiger charge is -2.05. The highest BCUT2D eigenvalue weighted by Gasteiger charge is 2.08. The van der Waals surface area contributed by atoms with Gasteiger partial charge in [-0.3, -0.25) is 4.68 Å². The van der Waals surface area contributed by atoms with Crippen LogP contribution in [-0.4, -0.2) is 23.3 Å². The topological polar surface area (TPSA) is 29.9 Å². The van der Waals surface area contributed by atoms with E-state index in [4.69, 9.17) is 0 Å². The molecule has 1 atom stereocenters. The van der Waals surface area contributed by atoms with E-state index in [0.717, 1.165) is 5.56 Å². The molecule has 1 unspecified atom stereocenters. The minimum atomic E-state index is -2.35. The highest BCUT2D eigenvalue weighted by Crippen LogP contribution is 2.10. The Morgan fingerprint density at radius 1 is 1.62 bits per heavy atom. The van der Waals surface area contributed by atoms with Gasteiger partial charge in [0.1, 0.15) is 6.54 Å². The molecule has 1 aromatic heterocycles. The zero-order valence-electron chi connectivity index (χ0n) is 7.67. The Hall–Kier alpha value is -0.970. The van der Waals surface area contributed by atoms with Crippen LogP contribution >= 0.6 is 0 Å². The van der Waals surface area contributed by atoms with Gasteiger partial charge in [-0.05, 0) is 14.0 Å². The molecule has 0 aliphatic rings. The lowest BCUT2D eigenvalue weighted by molar-refractivity contribution is 0.122. The smallest absolute Gasteiger partial charge is 0.257 e. The summed E-state index contributed by atoms with van der Waals surface area (Å²) in [4.78, 5) is 0. The molecule has 74 valence electrons. The highest BCUT2D eigenvalue weighted by atomic mass is 19.3. The van der Waals surface area contributed by atoms with Crippen molar-refractivity contribution in [3.05, 3.63) is 18.0 Å². The Bertz CT molecular complexity index is 260. The lowest BCUT2D eigenvalue weighted by Crippen LogP contribution is -2.11. The largest absolute Gasteiger partial charge is 0.313 e. The van der Waals surface area contributed by atoms with Crippen molar-refractivity contribution in [2.24, 2.45) is 0 Å². The van der Waals surface area contributed by atoms with E-state index in [1.807, 2.05) is 14.0 Å². The van der Waals surface area contributed by atoms with Gasteiger partial charge in [-0.15, -0.1) is 0 Å². The van der Waals surface area contributed by atoms with Gasteiger partial charge in [0, 0.05) is 17.8 Å². The van der Waals surface area contributed by atoms with Crippen molar-refractivity contribution in [1.29, 1.82) is 0 Å². The van der Waals surface area contributed by atoms with Crippen molar-refractivity contribution in [3.63, 3.8) is 0 Å². The van der Waals surface area contributed by atoms with Crippen LogP contribution in [-0.2, 0) is 6.54 Å².